The normalized spacial score (nSPS) is 12.2. The van der Waals surface area contributed by atoms with Crippen LogP contribution >= 0.6 is 0 Å². The molecule has 0 heterocycles. The minimum absolute atomic E-state index is 0.0115. The number of primary amides is 1. The van der Waals surface area contributed by atoms with E-state index in [1.165, 1.54) is 6.07 Å². The van der Waals surface area contributed by atoms with Crippen molar-refractivity contribution >= 4 is 21.6 Å². The van der Waals surface area contributed by atoms with Gasteiger partial charge < -0.3 is 11.1 Å². The Bertz CT molecular complexity index is 552. The lowest BCUT2D eigenvalue weighted by atomic mass is 10.00. The van der Waals surface area contributed by atoms with Gasteiger partial charge in [-0.15, -0.1) is 0 Å². The molecular formula is C11H17N3O3S. The summed E-state index contributed by atoms with van der Waals surface area (Å²) in [6.45, 7) is 3.50. The standard InChI is InChI=1S/C11H17N3O3S/c1-11(2,7-10(12)15)14-8-5-3-4-6-9(8)18(13,16)17/h3-6,14H,7H2,1-2H3,(H2,12,15)(H2,13,16,17). The van der Waals surface area contributed by atoms with Crippen LogP contribution in [0.3, 0.4) is 0 Å². The third-order valence-electron chi connectivity index (χ3n) is 2.28. The lowest BCUT2D eigenvalue weighted by Gasteiger charge is -2.27. The molecule has 0 radical (unpaired) electrons. The quantitative estimate of drug-likeness (QED) is 0.718. The molecule has 100 valence electrons. The Morgan fingerprint density at radius 1 is 1.33 bits per heavy atom. The highest BCUT2D eigenvalue weighted by atomic mass is 32.2. The van der Waals surface area contributed by atoms with Crippen LogP contribution in [0.25, 0.3) is 0 Å². The van der Waals surface area contributed by atoms with Gasteiger partial charge in [0.2, 0.25) is 15.9 Å². The molecule has 0 atom stereocenters. The van der Waals surface area contributed by atoms with Gasteiger partial charge in [0, 0.05) is 12.0 Å². The highest BCUT2D eigenvalue weighted by Gasteiger charge is 2.23. The fourth-order valence-corrected chi connectivity index (χ4v) is 2.36. The van der Waals surface area contributed by atoms with E-state index in [0.29, 0.717) is 5.69 Å². The fraction of sp³-hybridized carbons (Fsp3) is 0.364. The topological polar surface area (TPSA) is 115 Å². The molecule has 0 saturated carbocycles. The summed E-state index contributed by atoms with van der Waals surface area (Å²) in [4.78, 5) is 10.9. The largest absolute Gasteiger partial charge is 0.379 e. The summed E-state index contributed by atoms with van der Waals surface area (Å²) in [5.41, 5.74) is 4.83. The van der Waals surface area contributed by atoms with Crippen molar-refractivity contribution in [3.8, 4) is 0 Å². The van der Waals surface area contributed by atoms with Gasteiger partial charge in [-0.3, -0.25) is 4.79 Å². The van der Waals surface area contributed by atoms with Crippen molar-refractivity contribution in [2.75, 3.05) is 5.32 Å². The van der Waals surface area contributed by atoms with E-state index in [9.17, 15) is 13.2 Å². The Labute approximate surface area is 106 Å². The SMILES string of the molecule is CC(C)(CC(N)=O)Nc1ccccc1S(N)(=O)=O. The summed E-state index contributed by atoms with van der Waals surface area (Å²) in [6, 6.07) is 6.24. The Morgan fingerprint density at radius 3 is 2.39 bits per heavy atom. The number of hydrogen-bond donors (Lipinski definition) is 3. The average molecular weight is 271 g/mol. The van der Waals surface area contributed by atoms with Crippen molar-refractivity contribution < 1.29 is 13.2 Å². The second kappa shape index (κ2) is 4.95. The number of para-hydroxylation sites is 1. The van der Waals surface area contributed by atoms with Crippen LogP contribution in [0.5, 0.6) is 0 Å². The molecule has 5 N–H and O–H groups in total. The number of carbonyl (C=O) groups excluding carboxylic acids is 1. The monoisotopic (exact) mass is 271 g/mol. The third kappa shape index (κ3) is 4.01. The van der Waals surface area contributed by atoms with E-state index < -0.39 is 21.5 Å². The molecule has 0 aliphatic rings. The first kappa shape index (κ1) is 14.5. The van der Waals surface area contributed by atoms with Crippen LogP contribution in [0.4, 0.5) is 5.69 Å². The van der Waals surface area contributed by atoms with Crippen molar-refractivity contribution in [3.05, 3.63) is 24.3 Å². The van der Waals surface area contributed by atoms with Crippen LogP contribution in [-0.2, 0) is 14.8 Å². The number of nitrogens with one attached hydrogen (secondary N) is 1. The molecule has 18 heavy (non-hydrogen) atoms. The molecule has 1 aromatic carbocycles. The lowest BCUT2D eigenvalue weighted by molar-refractivity contribution is -0.118. The van der Waals surface area contributed by atoms with E-state index in [-0.39, 0.29) is 11.3 Å². The first-order valence-electron chi connectivity index (χ1n) is 5.30. The van der Waals surface area contributed by atoms with Crippen LogP contribution in [0, 0.1) is 0 Å². The Kier molecular flexibility index (Phi) is 3.98. The van der Waals surface area contributed by atoms with Crippen molar-refractivity contribution in [2.24, 2.45) is 10.9 Å². The van der Waals surface area contributed by atoms with E-state index in [2.05, 4.69) is 5.32 Å². The van der Waals surface area contributed by atoms with Gasteiger partial charge in [0.25, 0.3) is 0 Å². The van der Waals surface area contributed by atoms with Gasteiger partial charge in [-0.25, -0.2) is 13.6 Å². The number of anilines is 1. The number of sulfonamides is 1. The fourth-order valence-electron chi connectivity index (χ4n) is 1.66. The molecule has 6 nitrogen and oxygen atoms in total. The summed E-state index contributed by atoms with van der Waals surface area (Å²) in [7, 11) is -3.81. The zero-order valence-corrected chi connectivity index (χ0v) is 11.1. The molecule has 0 aromatic heterocycles. The van der Waals surface area contributed by atoms with Gasteiger partial charge in [0.1, 0.15) is 4.90 Å². The number of primary sulfonamides is 1. The summed E-state index contributed by atoms with van der Waals surface area (Å²) < 4.78 is 22.8. The van der Waals surface area contributed by atoms with E-state index in [1.54, 1.807) is 32.0 Å². The van der Waals surface area contributed by atoms with Gasteiger partial charge in [0.05, 0.1) is 5.69 Å². The van der Waals surface area contributed by atoms with Gasteiger partial charge in [0.15, 0.2) is 0 Å². The third-order valence-corrected chi connectivity index (χ3v) is 3.25. The van der Waals surface area contributed by atoms with Gasteiger partial charge in [-0.2, -0.15) is 0 Å². The van der Waals surface area contributed by atoms with Crippen molar-refractivity contribution in [1.29, 1.82) is 0 Å². The minimum Gasteiger partial charge on any atom is -0.379 e. The van der Waals surface area contributed by atoms with Gasteiger partial charge in [-0.1, -0.05) is 12.1 Å². The molecule has 0 saturated heterocycles. The first-order chi connectivity index (χ1) is 8.12. The molecule has 1 aromatic rings. The Balaban J connectivity index is 3.09. The predicted molar refractivity (Wildman–Crippen MR) is 69.3 cm³/mol. The highest BCUT2D eigenvalue weighted by Crippen LogP contribution is 2.24. The summed E-state index contributed by atoms with van der Waals surface area (Å²) >= 11 is 0. The van der Waals surface area contributed by atoms with Crippen LogP contribution < -0.4 is 16.2 Å². The lowest BCUT2D eigenvalue weighted by Crippen LogP contribution is -2.36. The number of carbonyl (C=O) groups is 1. The zero-order chi connectivity index (χ0) is 14.0. The Morgan fingerprint density at radius 2 is 1.89 bits per heavy atom. The van der Waals surface area contributed by atoms with E-state index in [4.69, 9.17) is 10.9 Å². The molecule has 1 amide bonds. The smallest absolute Gasteiger partial charge is 0.240 e. The maximum Gasteiger partial charge on any atom is 0.240 e. The van der Waals surface area contributed by atoms with Crippen molar-refractivity contribution in [1.82, 2.24) is 0 Å². The number of nitrogens with two attached hydrogens (primary N) is 2. The Hall–Kier alpha value is -1.60. The van der Waals surface area contributed by atoms with E-state index in [0.717, 1.165) is 0 Å². The number of rotatable bonds is 5. The zero-order valence-electron chi connectivity index (χ0n) is 10.3. The molecule has 0 aliphatic heterocycles. The van der Waals surface area contributed by atoms with Crippen LogP contribution in [0.1, 0.15) is 20.3 Å². The van der Waals surface area contributed by atoms with Crippen molar-refractivity contribution in [3.63, 3.8) is 0 Å². The molecule has 0 aliphatic carbocycles. The molecule has 0 spiro atoms. The van der Waals surface area contributed by atoms with Gasteiger partial charge in [-0.05, 0) is 26.0 Å². The summed E-state index contributed by atoms with van der Waals surface area (Å²) in [6.07, 6.45) is 0.0754. The maximum absolute atomic E-state index is 11.4. The second-order valence-corrected chi connectivity index (χ2v) is 6.22. The average Bonchev–Trinajstić information content (AvgIpc) is 2.13. The van der Waals surface area contributed by atoms with Gasteiger partial charge >= 0.3 is 0 Å². The van der Waals surface area contributed by atoms with Crippen molar-refractivity contribution in [2.45, 2.75) is 30.7 Å². The molecule has 0 unspecified atom stereocenters. The second-order valence-electron chi connectivity index (χ2n) is 4.69. The number of hydrogen-bond acceptors (Lipinski definition) is 4. The summed E-state index contributed by atoms with van der Waals surface area (Å²) in [5.74, 6) is -0.472. The molecule has 7 heteroatoms. The molecular weight excluding hydrogens is 254 g/mol. The number of amides is 1. The van der Waals surface area contributed by atoms with E-state index >= 15 is 0 Å². The maximum atomic E-state index is 11.4. The molecule has 0 fully saturated rings. The van der Waals surface area contributed by atoms with Crippen LogP contribution in [0.2, 0.25) is 0 Å². The predicted octanol–water partition coefficient (Wildman–Crippen LogP) is 0.400. The van der Waals surface area contributed by atoms with Crippen LogP contribution in [0.15, 0.2) is 29.2 Å². The minimum atomic E-state index is -3.81. The number of benzene rings is 1. The highest BCUT2D eigenvalue weighted by molar-refractivity contribution is 7.89. The van der Waals surface area contributed by atoms with Crippen LogP contribution in [-0.4, -0.2) is 19.9 Å². The molecule has 0 bridgehead atoms. The van der Waals surface area contributed by atoms with E-state index in [1.807, 2.05) is 0 Å². The summed E-state index contributed by atoms with van der Waals surface area (Å²) in [5, 5.41) is 8.08. The first-order valence-corrected chi connectivity index (χ1v) is 6.85. The molecule has 1 rings (SSSR count).